The van der Waals surface area contributed by atoms with Crippen molar-refractivity contribution in [1.82, 2.24) is 0 Å². The Bertz CT molecular complexity index is 258. The van der Waals surface area contributed by atoms with Gasteiger partial charge in [0.05, 0.1) is 0 Å². The topological polar surface area (TPSA) is 36.9 Å². The van der Waals surface area contributed by atoms with E-state index in [1.807, 2.05) is 0 Å². The Labute approximate surface area is 146 Å². The summed E-state index contributed by atoms with van der Waals surface area (Å²) < 4.78 is 24.7. The highest BCUT2D eigenvalue weighted by Crippen LogP contribution is 2.34. The van der Waals surface area contributed by atoms with Gasteiger partial charge in [0.25, 0.3) is 0 Å². The Morgan fingerprint density at radius 2 is 0.826 bits per heavy atom. The fraction of sp³-hybridized carbons (Fsp3) is 1.00. The highest BCUT2D eigenvalue weighted by Gasteiger charge is 2.44. The zero-order valence-electron chi connectivity index (χ0n) is 16.7. The van der Waals surface area contributed by atoms with Crippen molar-refractivity contribution < 1.29 is 17.7 Å². The summed E-state index contributed by atoms with van der Waals surface area (Å²) in [5.74, 6) is 0. The molecule has 0 unspecified atom stereocenters. The van der Waals surface area contributed by atoms with Gasteiger partial charge < -0.3 is 17.7 Å². The minimum absolute atomic E-state index is 0.455. The third kappa shape index (κ3) is 6.96. The Hall–Kier alpha value is 0.274. The molecule has 0 saturated heterocycles. The van der Waals surface area contributed by atoms with Crippen molar-refractivity contribution in [3.8, 4) is 0 Å². The first-order valence-corrected chi connectivity index (χ1v) is 13.6. The predicted molar refractivity (Wildman–Crippen MR) is 102 cm³/mol. The summed E-state index contributed by atoms with van der Waals surface area (Å²) >= 11 is 0. The molecule has 23 heavy (non-hydrogen) atoms. The molecule has 4 nitrogen and oxygen atoms in total. The zero-order valence-corrected chi connectivity index (χ0v) is 18.7. The van der Waals surface area contributed by atoms with Gasteiger partial charge in [-0.3, -0.25) is 0 Å². The van der Waals surface area contributed by atoms with Crippen molar-refractivity contribution in [2.24, 2.45) is 0 Å². The van der Waals surface area contributed by atoms with Crippen LogP contribution in [0.25, 0.3) is 0 Å². The molecule has 0 spiro atoms. The SMILES string of the molecule is CCO[Si](CCC[Si](OCC)(OCC)C(C)C)(OCC)C(C)C. The molecule has 0 aliphatic carbocycles. The van der Waals surface area contributed by atoms with Gasteiger partial charge in [-0.2, -0.15) is 0 Å². The Balaban J connectivity index is 4.98. The summed E-state index contributed by atoms with van der Waals surface area (Å²) in [6, 6.07) is 2.04. The van der Waals surface area contributed by atoms with Gasteiger partial charge >= 0.3 is 17.1 Å². The van der Waals surface area contributed by atoms with Crippen LogP contribution < -0.4 is 0 Å². The van der Waals surface area contributed by atoms with Gasteiger partial charge in [0, 0.05) is 26.4 Å². The summed E-state index contributed by atoms with van der Waals surface area (Å²) in [7, 11) is -4.28. The lowest BCUT2D eigenvalue weighted by molar-refractivity contribution is 0.168. The van der Waals surface area contributed by atoms with E-state index in [4.69, 9.17) is 17.7 Å². The molecule has 0 aromatic heterocycles. The highest BCUT2D eigenvalue weighted by molar-refractivity contribution is 6.70. The van der Waals surface area contributed by atoms with Crippen LogP contribution in [0.15, 0.2) is 0 Å². The van der Waals surface area contributed by atoms with E-state index in [-0.39, 0.29) is 0 Å². The molecule has 0 N–H and O–H groups in total. The molecule has 0 fully saturated rings. The van der Waals surface area contributed by atoms with E-state index >= 15 is 0 Å². The second kappa shape index (κ2) is 11.8. The molecule has 0 aromatic rings. The van der Waals surface area contributed by atoms with Crippen molar-refractivity contribution in [1.29, 1.82) is 0 Å². The fourth-order valence-corrected chi connectivity index (χ4v) is 10.1. The summed E-state index contributed by atoms with van der Waals surface area (Å²) in [5.41, 5.74) is 0.911. The first-order chi connectivity index (χ1) is 10.8. The van der Waals surface area contributed by atoms with Crippen LogP contribution in [0.2, 0.25) is 23.2 Å². The van der Waals surface area contributed by atoms with Crippen molar-refractivity contribution in [3.05, 3.63) is 0 Å². The molecular formula is C17H40O4Si2. The molecule has 0 rings (SSSR count). The van der Waals surface area contributed by atoms with Crippen LogP contribution in [0.5, 0.6) is 0 Å². The molecule has 0 aromatic carbocycles. The lowest BCUT2D eigenvalue weighted by atomic mass is 10.5. The van der Waals surface area contributed by atoms with Gasteiger partial charge in [-0.05, 0) is 57.3 Å². The first kappa shape index (κ1) is 23.3. The smallest absolute Gasteiger partial charge is 0.340 e. The molecule has 0 radical (unpaired) electrons. The normalized spacial score (nSPS) is 13.3. The van der Waals surface area contributed by atoms with E-state index in [0.717, 1.165) is 44.9 Å². The van der Waals surface area contributed by atoms with E-state index < -0.39 is 17.1 Å². The van der Waals surface area contributed by atoms with Crippen LogP contribution in [0.3, 0.4) is 0 Å². The summed E-state index contributed by atoms with van der Waals surface area (Å²) in [6.45, 7) is 20.1. The van der Waals surface area contributed by atoms with E-state index in [9.17, 15) is 0 Å². The summed E-state index contributed by atoms with van der Waals surface area (Å²) in [6.07, 6.45) is 1.06. The van der Waals surface area contributed by atoms with Gasteiger partial charge in [0.1, 0.15) is 0 Å². The molecule has 0 bridgehead atoms. The van der Waals surface area contributed by atoms with E-state index in [1.54, 1.807) is 0 Å². The van der Waals surface area contributed by atoms with E-state index in [1.165, 1.54) is 0 Å². The van der Waals surface area contributed by atoms with E-state index in [2.05, 4.69) is 55.4 Å². The zero-order chi connectivity index (χ0) is 17.9. The van der Waals surface area contributed by atoms with Gasteiger partial charge in [-0.25, -0.2) is 0 Å². The Morgan fingerprint density at radius 1 is 0.565 bits per heavy atom. The minimum atomic E-state index is -2.14. The second-order valence-corrected chi connectivity index (χ2v) is 14.2. The van der Waals surface area contributed by atoms with Crippen LogP contribution in [0, 0.1) is 0 Å². The number of hydrogen-bond acceptors (Lipinski definition) is 4. The van der Waals surface area contributed by atoms with Crippen LogP contribution in [-0.4, -0.2) is 43.5 Å². The third-order valence-electron chi connectivity index (χ3n) is 4.36. The van der Waals surface area contributed by atoms with E-state index in [0.29, 0.717) is 11.1 Å². The average molecular weight is 365 g/mol. The predicted octanol–water partition coefficient (Wildman–Crippen LogP) is 5.23. The first-order valence-electron chi connectivity index (χ1n) is 9.39. The monoisotopic (exact) mass is 364 g/mol. The minimum Gasteiger partial charge on any atom is -0.394 e. The maximum atomic E-state index is 6.18. The largest absolute Gasteiger partial charge is 0.394 e. The van der Waals surface area contributed by atoms with Crippen molar-refractivity contribution >= 4 is 17.1 Å². The lowest BCUT2D eigenvalue weighted by Crippen LogP contribution is -2.48. The number of rotatable bonds is 14. The summed E-state index contributed by atoms with van der Waals surface area (Å²) in [5, 5.41) is 0. The average Bonchev–Trinajstić information content (AvgIpc) is 2.47. The quantitative estimate of drug-likeness (QED) is 0.396. The highest BCUT2D eigenvalue weighted by atomic mass is 28.4. The van der Waals surface area contributed by atoms with Gasteiger partial charge in [-0.1, -0.05) is 27.7 Å². The fourth-order valence-electron chi connectivity index (χ4n) is 3.17. The molecule has 0 aliphatic rings. The molecule has 0 aliphatic heterocycles. The second-order valence-electron chi connectivity index (χ2n) is 6.52. The van der Waals surface area contributed by atoms with Crippen molar-refractivity contribution in [3.63, 3.8) is 0 Å². The van der Waals surface area contributed by atoms with Gasteiger partial charge in [0.2, 0.25) is 0 Å². The third-order valence-corrected chi connectivity index (χ3v) is 13.1. The maximum Gasteiger partial charge on any atom is 0.340 e. The molecule has 0 heterocycles. The Kier molecular flexibility index (Phi) is 11.9. The molecular weight excluding hydrogens is 324 g/mol. The molecule has 0 saturated carbocycles. The van der Waals surface area contributed by atoms with Crippen LogP contribution in [0.4, 0.5) is 0 Å². The standard InChI is InChI=1S/C17H40O4Si2/c1-9-18-22(16(5)6,19-10-2)14-13-15-23(17(7)8,20-11-3)21-12-4/h16-17H,9-15H2,1-8H3. The van der Waals surface area contributed by atoms with Gasteiger partial charge in [-0.15, -0.1) is 0 Å². The van der Waals surface area contributed by atoms with Crippen LogP contribution >= 0.6 is 0 Å². The van der Waals surface area contributed by atoms with Gasteiger partial charge in [0.15, 0.2) is 0 Å². The van der Waals surface area contributed by atoms with Crippen LogP contribution in [-0.2, 0) is 17.7 Å². The summed E-state index contributed by atoms with van der Waals surface area (Å²) in [4.78, 5) is 0. The van der Waals surface area contributed by atoms with Crippen LogP contribution in [0.1, 0.15) is 61.8 Å². The molecule has 6 heteroatoms. The van der Waals surface area contributed by atoms with Crippen molar-refractivity contribution in [2.75, 3.05) is 26.4 Å². The number of hydrogen-bond donors (Lipinski definition) is 0. The lowest BCUT2D eigenvalue weighted by Gasteiger charge is -2.36. The molecule has 140 valence electrons. The van der Waals surface area contributed by atoms with Crippen molar-refractivity contribution in [2.45, 2.75) is 85.0 Å². The molecule has 0 atom stereocenters. The molecule has 0 amide bonds. The Morgan fingerprint density at radius 3 is 1.00 bits per heavy atom. The maximum absolute atomic E-state index is 6.18.